The van der Waals surface area contributed by atoms with E-state index in [4.69, 9.17) is 9.47 Å². The van der Waals surface area contributed by atoms with Crippen LogP contribution in [0.3, 0.4) is 0 Å². The molecule has 2 aromatic carbocycles. The Bertz CT molecular complexity index is 885. The van der Waals surface area contributed by atoms with Crippen molar-refractivity contribution in [3.63, 3.8) is 0 Å². The van der Waals surface area contributed by atoms with E-state index in [1.807, 2.05) is 13.0 Å². The minimum Gasteiger partial charge on any atom is -0.493 e. The SMILES string of the molecule is CCOc1cc([C@H]2NCc3ccccc3-n3cccc32)ccc1OC. The molecule has 1 aliphatic heterocycles. The highest BCUT2D eigenvalue weighted by Gasteiger charge is 2.23. The summed E-state index contributed by atoms with van der Waals surface area (Å²) < 4.78 is 13.5. The fourth-order valence-corrected chi connectivity index (χ4v) is 3.49. The van der Waals surface area contributed by atoms with Crippen molar-refractivity contribution in [2.75, 3.05) is 13.7 Å². The highest BCUT2D eigenvalue weighted by atomic mass is 16.5. The molecule has 0 spiro atoms. The molecule has 0 saturated carbocycles. The molecule has 1 atom stereocenters. The third-order valence-electron chi connectivity index (χ3n) is 4.64. The Morgan fingerprint density at radius 2 is 1.96 bits per heavy atom. The van der Waals surface area contributed by atoms with Gasteiger partial charge in [0.15, 0.2) is 11.5 Å². The number of methoxy groups -OCH3 is 1. The molecular formula is C21H22N2O2. The molecule has 25 heavy (non-hydrogen) atoms. The predicted molar refractivity (Wildman–Crippen MR) is 98.6 cm³/mol. The summed E-state index contributed by atoms with van der Waals surface area (Å²) in [4.78, 5) is 0. The van der Waals surface area contributed by atoms with Gasteiger partial charge < -0.3 is 19.4 Å². The molecule has 2 heterocycles. The first kappa shape index (κ1) is 15.8. The van der Waals surface area contributed by atoms with E-state index in [-0.39, 0.29) is 6.04 Å². The Morgan fingerprint density at radius 3 is 2.80 bits per heavy atom. The molecular weight excluding hydrogens is 312 g/mol. The monoisotopic (exact) mass is 334 g/mol. The predicted octanol–water partition coefficient (Wildman–Crippen LogP) is 4.08. The standard InChI is InChI=1S/C21H22N2O2/c1-3-25-20-13-15(10-11-19(20)24-2)21-18-9-6-12-23(18)17-8-5-4-7-16(17)14-22-21/h4-13,21-22H,3,14H2,1-2H3/t21-/m1/s1. The van der Waals surface area contributed by atoms with Gasteiger partial charge >= 0.3 is 0 Å². The van der Waals surface area contributed by atoms with E-state index < -0.39 is 0 Å². The van der Waals surface area contributed by atoms with Crippen molar-refractivity contribution < 1.29 is 9.47 Å². The molecule has 3 aromatic rings. The lowest BCUT2D eigenvalue weighted by Crippen LogP contribution is -2.21. The number of aromatic nitrogens is 1. The molecule has 0 unspecified atom stereocenters. The van der Waals surface area contributed by atoms with E-state index in [0.29, 0.717) is 6.61 Å². The molecule has 4 nitrogen and oxygen atoms in total. The lowest BCUT2D eigenvalue weighted by atomic mass is 10.0. The quantitative estimate of drug-likeness (QED) is 0.781. The van der Waals surface area contributed by atoms with E-state index in [1.165, 1.54) is 16.9 Å². The zero-order valence-corrected chi connectivity index (χ0v) is 14.5. The number of hydrogen-bond acceptors (Lipinski definition) is 3. The smallest absolute Gasteiger partial charge is 0.161 e. The van der Waals surface area contributed by atoms with Crippen molar-refractivity contribution in [2.24, 2.45) is 0 Å². The Balaban J connectivity index is 1.79. The molecule has 0 aliphatic carbocycles. The van der Waals surface area contributed by atoms with Crippen LogP contribution in [-0.4, -0.2) is 18.3 Å². The van der Waals surface area contributed by atoms with E-state index in [1.54, 1.807) is 7.11 Å². The van der Waals surface area contributed by atoms with E-state index in [9.17, 15) is 0 Å². The summed E-state index contributed by atoms with van der Waals surface area (Å²) in [6.07, 6.45) is 2.13. The Kier molecular flexibility index (Phi) is 4.20. The molecule has 0 radical (unpaired) electrons. The topological polar surface area (TPSA) is 35.4 Å². The van der Waals surface area contributed by atoms with Gasteiger partial charge in [0.1, 0.15) is 0 Å². The van der Waals surface area contributed by atoms with Crippen molar-refractivity contribution in [3.05, 3.63) is 77.6 Å². The summed E-state index contributed by atoms with van der Waals surface area (Å²) in [6.45, 7) is 3.41. The van der Waals surface area contributed by atoms with Gasteiger partial charge in [-0.1, -0.05) is 24.3 Å². The zero-order chi connectivity index (χ0) is 17.2. The molecule has 1 aromatic heterocycles. The number of rotatable bonds is 4. The van der Waals surface area contributed by atoms with Crippen LogP contribution in [0, 0.1) is 0 Å². The van der Waals surface area contributed by atoms with Gasteiger partial charge in [0.05, 0.1) is 19.8 Å². The van der Waals surface area contributed by atoms with Gasteiger partial charge in [0, 0.05) is 24.1 Å². The van der Waals surface area contributed by atoms with Gasteiger partial charge in [-0.15, -0.1) is 0 Å². The number of hydrogen-bond donors (Lipinski definition) is 1. The van der Waals surface area contributed by atoms with E-state index >= 15 is 0 Å². The molecule has 0 bridgehead atoms. The van der Waals surface area contributed by atoms with Crippen LogP contribution in [-0.2, 0) is 6.54 Å². The highest BCUT2D eigenvalue weighted by Crippen LogP contribution is 2.35. The number of fused-ring (bicyclic) bond motifs is 3. The Morgan fingerprint density at radius 1 is 1.08 bits per heavy atom. The van der Waals surface area contributed by atoms with Gasteiger partial charge in [0.2, 0.25) is 0 Å². The normalized spacial score (nSPS) is 15.8. The van der Waals surface area contributed by atoms with Crippen molar-refractivity contribution in [3.8, 4) is 17.2 Å². The van der Waals surface area contributed by atoms with Crippen LogP contribution in [0.15, 0.2) is 60.8 Å². The van der Waals surface area contributed by atoms with Crippen molar-refractivity contribution in [1.29, 1.82) is 0 Å². The number of nitrogens with zero attached hydrogens (tertiary/aromatic N) is 1. The molecule has 0 amide bonds. The van der Waals surface area contributed by atoms with E-state index in [2.05, 4.69) is 64.6 Å². The third-order valence-corrected chi connectivity index (χ3v) is 4.64. The zero-order valence-electron chi connectivity index (χ0n) is 14.5. The Labute approximate surface area is 148 Å². The summed E-state index contributed by atoms with van der Waals surface area (Å²) in [5.74, 6) is 1.54. The van der Waals surface area contributed by atoms with Crippen molar-refractivity contribution in [1.82, 2.24) is 9.88 Å². The van der Waals surface area contributed by atoms with Gasteiger partial charge in [0.25, 0.3) is 0 Å². The van der Waals surface area contributed by atoms with Crippen LogP contribution < -0.4 is 14.8 Å². The first-order chi connectivity index (χ1) is 12.3. The third kappa shape index (κ3) is 2.79. The van der Waals surface area contributed by atoms with Crippen LogP contribution in [0.4, 0.5) is 0 Å². The molecule has 4 heteroatoms. The second kappa shape index (κ2) is 6.65. The first-order valence-corrected chi connectivity index (χ1v) is 8.61. The second-order valence-electron chi connectivity index (χ2n) is 6.09. The molecule has 0 saturated heterocycles. The van der Waals surface area contributed by atoms with Gasteiger partial charge in [-0.2, -0.15) is 0 Å². The lowest BCUT2D eigenvalue weighted by Gasteiger charge is -2.20. The maximum atomic E-state index is 5.76. The number of ether oxygens (including phenoxy) is 2. The molecule has 0 fully saturated rings. The minimum absolute atomic E-state index is 0.0903. The number of benzene rings is 2. The van der Waals surface area contributed by atoms with Gasteiger partial charge in [-0.25, -0.2) is 0 Å². The van der Waals surface area contributed by atoms with Crippen LogP contribution >= 0.6 is 0 Å². The first-order valence-electron chi connectivity index (χ1n) is 8.61. The fraction of sp³-hybridized carbons (Fsp3) is 0.238. The molecule has 128 valence electrons. The largest absolute Gasteiger partial charge is 0.493 e. The summed E-state index contributed by atoms with van der Waals surface area (Å²) >= 11 is 0. The average Bonchev–Trinajstić information content (AvgIpc) is 3.06. The lowest BCUT2D eigenvalue weighted by molar-refractivity contribution is 0.310. The Hall–Kier alpha value is -2.72. The molecule has 1 aliphatic rings. The maximum Gasteiger partial charge on any atom is 0.161 e. The van der Waals surface area contributed by atoms with Crippen LogP contribution in [0.5, 0.6) is 11.5 Å². The summed E-state index contributed by atoms with van der Waals surface area (Å²) in [7, 11) is 1.67. The van der Waals surface area contributed by atoms with Crippen molar-refractivity contribution in [2.45, 2.75) is 19.5 Å². The molecule has 4 rings (SSSR count). The number of para-hydroxylation sites is 1. The van der Waals surface area contributed by atoms with Crippen LogP contribution in [0.25, 0.3) is 5.69 Å². The number of nitrogens with one attached hydrogen (secondary N) is 1. The van der Waals surface area contributed by atoms with Crippen LogP contribution in [0.2, 0.25) is 0 Å². The van der Waals surface area contributed by atoms with Crippen LogP contribution in [0.1, 0.15) is 29.8 Å². The fourth-order valence-electron chi connectivity index (χ4n) is 3.49. The summed E-state index contributed by atoms with van der Waals surface area (Å²) in [5.41, 5.74) is 4.91. The summed E-state index contributed by atoms with van der Waals surface area (Å²) in [6, 6.07) is 19.0. The van der Waals surface area contributed by atoms with Crippen molar-refractivity contribution >= 4 is 0 Å². The van der Waals surface area contributed by atoms with Gasteiger partial charge in [-0.3, -0.25) is 0 Å². The summed E-state index contributed by atoms with van der Waals surface area (Å²) in [5, 5.41) is 3.69. The van der Waals surface area contributed by atoms with E-state index in [0.717, 1.165) is 23.6 Å². The van der Waals surface area contributed by atoms with Gasteiger partial charge in [-0.05, 0) is 48.4 Å². The minimum atomic E-state index is 0.0903. The molecule has 1 N–H and O–H groups in total. The average molecular weight is 334 g/mol. The maximum absolute atomic E-state index is 5.76. The highest BCUT2D eigenvalue weighted by molar-refractivity contribution is 5.49. The second-order valence-corrected chi connectivity index (χ2v) is 6.09.